The highest BCUT2D eigenvalue weighted by atomic mass is 16.5. The van der Waals surface area contributed by atoms with Crippen LogP contribution in [0.3, 0.4) is 0 Å². The number of methoxy groups -OCH3 is 3. The number of benzene rings is 2. The van der Waals surface area contributed by atoms with Crippen LogP contribution in [0.5, 0.6) is 23.0 Å². The number of amides is 1. The summed E-state index contributed by atoms with van der Waals surface area (Å²) in [6, 6.07) is 12.4. The minimum atomic E-state index is -0.632. The number of hydrogen-bond donors (Lipinski definition) is 0. The van der Waals surface area contributed by atoms with E-state index in [0.717, 1.165) is 11.1 Å². The second-order valence-corrected chi connectivity index (χ2v) is 7.07. The molecule has 3 rings (SSSR count). The van der Waals surface area contributed by atoms with E-state index in [1.807, 2.05) is 18.2 Å². The molecule has 0 N–H and O–H groups in total. The SMILES string of the molecule is COc1cc(OC)c(C2=CCN(C(=O)[C@@H](C)Oc3ccc(C#N)cc3)CC2)c(OC)c1. The minimum absolute atomic E-state index is 0.0895. The number of hydrogen-bond acceptors (Lipinski definition) is 6. The molecule has 0 saturated carbocycles. The van der Waals surface area contributed by atoms with Crippen LogP contribution in [0.4, 0.5) is 0 Å². The fraction of sp³-hybridized carbons (Fsp3) is 0.333. The fourth-order valence-corrected chi connectivity index (χ4v) is 3.54. The van der Waals surface area contributed by atoms with Crippen LogP contribution < -0.4 is 18.9 Å². The standard InChI is InChI=1S/C24H26N2O5/c1-16(31-19-7-5-17(15-25)6-8-19)24(27)26-11-9-18(10-12-26)23-21(29-3)13-20(28-2)14-22(23)30-4/h5-9,13-14,16H,10-12H2,1-4H3/t16-/m1/s1. The quantitative estimate of drug-likeness (QED) is 0.677. The number of carbonyl (C=O) groups is 1. The van der Waals surface area contributed by atoms with Gasteiger partial charge in [-0.05, 0) is 43.2 Å². The third-order valence-corrected chi connectivity index (χ3v) is 5.20. The molecule has 31 heavy (non-hydrogen) atoms. The van der Waals surface area contributed by atoms with Gasteiger partial charge in [0.05, 0.1) is 38.5 Å². The number of nitriles is 1. The first-order valence-electron chi connectivity index (χ1n) is 9.95. The zero-order valence-corrected chi connectivity index (χ0v) is 18.2. The van der Waals surface area contributed by atoms with E-state index >= 15 is 0 Å². The van der Waals surface area contributed by atoms with Gasteiger partial charge < -0.3 is 23.8 Å². The lowest BCUT2D eigenvalue weighted by Crippen LogP contribution is -2.42. The van der Waals surface area contributed by atoms with Crippen LogP contribution in [0.15, 0.2) is 42.5 Å². The number of nitrogens with zero attached hydrogens (tertiary/aromatic N) is 2. The maximum atomic E-state index is 12.9. The van der Waals surface area contributed by atoms with Crippen molar-refractivity contribution in [1.82, 2.24) is 4.90 Å². The summed E-state index contributed by atoms with van der Waals surface area (Å²) in [5.41, 5.74) is 2.48. The molecule has 2 aromatic carbocycles. The van der Waals surface area contributed by atoms with E-state index in [2.05, 4.69) is 6.07 Å². The van der Waals surface area contributed by atoms with E-state index in [-0.39, 0.29) is 5.91 Å². The summed E-state index contributed by atoms with van der Waals surface area (Å²) in [6.45, 7) is 2.76. The fourth-order valence-electron chi connectivity index (χ4n) is 3.54. The van der Waals surface area contributed by atoms with E-state index in [4.69, 9.17) is 24.2 Å². The molecule has 0 aromatic heterocycles. The molecule has 1 heterocycles. The molecule has 7 nitrogen and oxygen atoms in total. The number of rotatable bonds is 7. The zero-order valence-electron chi connectivity index (χ0n) is 18.2. The summed E-state index contributed by atoms with van der Waals surface area (Å²) >= 11 is 0. The van der Waals surface area contributed by atoms with Gasteiger partial charge in [0, 0.05) is 25.2 Å². The molecule has 1 aliphatic rings. The summed E-state index contributed by atoms with van der Waals surface area (Å²) in [5.74, 6) is 2.45. The lowest BCUT2D eigenvalue weighted by atomic mass is 9.97. The highest BCUT2D eigenvalue weighted by Crippen LogP contribution is 2.40. The van der Waals surface area contributed by atoms with Gasteiger partial charge in [0.25, 0.3) is 5.91 Å². The maximum Gasteiger partial charge on any atom is 0.263 e. The Morgan fingerprint density at radius 3 is 2.16 bits per heavy atom. The van der Waals surface area contributed by atoms with E-state index < -0.39 is 6.10 Å². The predicted molar refractivity (Wildman–Crippen MR) is 117 cm³/mol. The van der Waals surface area contributed by atoms with Crippen LogP contribution >= 0.6 is 0 Å². The molecule has 162 valence electrons. The van der Waals surface area contributed by atoms with Crippen LogP contribution in [0.25, 0.3) is 5.57 Å². The van der Waals surface area contributed by atoms with Crippen molar-refractivity contribution in [3.63, 3.8) is 0 Å². The van der Waals surface area contributed by atoms with E-state index in [1.54, 1.807) is 57.4 Å². The number of carbonyl (C=O) groups excluding carboxylic acids is 1. The molecule has 2 aromatic rings. The highest BCUT2D eigenvalue weighted by Gasteiger charge is 2.26. The summed E-state index contributed by atoms with van der Waals surface area (Å²) in [7, 11) is 4.82. The molecule has 0 saturated heterocycles. The Labute approximate surface area is 182 Å². The van der Waals surface area contributed by atoms with Crippen LogP contribution in [0.1, 0.15) is 24.5 Å². The van der Waals surface area contributed by atoms with Crippen molar-refractivity contribution in [2.75, 3.05) is 34.4 Å². The van der Waals surface area contributed by atoms with Gasteiger partial charge in [0.15, 0.2) is 6.10 Å². The third-order valence-electron chi connectivity index (χ3n) is 5.20. The monoisotopic (exact) mass is 422 g/mol. The van der Waals surface area contributed by atoms with Crippen LogP contribution in [0.2, 0.25) is 0 Å². The second-order valence-electron chi connectivity index (χ2n) is 7.07. The van der Waals surface area contributed by atoms with Crippen molar-refractivity contribution < 1.29 is 23.7 Å². The summed E-state index contributed by atoms with van der Waals surface area (Å²) < 4.78 is 22.2. The summed E-state index contributed by atoms with van der Waals surface area (Å²) in [4.78, 5) is 14.6. The number of ether oxygens (including phenoxy) is 4. The van der Waals surface area contributed by atoms with Gasteiger partial charge in [-0.3, -0.25) is 4.79 Å². The van der Waals surface area contributed by atoms with E-state index in [1.165, 1.54) is 0 Å². The Hall–Kier alpha value is -3.66. The predicted octanol–water partition coefficient (Wildman–Crippen LogP) is 3.67. The molecule has 0 radical (unpaired) electrons. The Morgan fingerprint density at radius 1 is 1.03 bits per heavy atom. The van der Waals surface area contributed by atoms with E-state index in [9.17, 15) is 4.79 Å². The summed E-state index contributed by atoms with van der Waals surface area (Å²) in [6.07, 6.45) is 2.05. The van der Waals surface area contributed by atoms with Crippen molar-refractivity contribution in [2.45, 2.75) is 19.4 Å². The second kappa shape index (κ2) is 9.90. The summed E-state index contributed by atoms with van der Waals surface area (Å²) in [5, 5.41) is 8.89. The van der Waals surface area contributed by atoms with Gasteiger partial charge in [-0.1, -0.05) is 6.08 Å². The highest BCUT2D eigenvalue weighted by molar-refractivity contribution is 5.83. The van der Waals surface area contributed by atoms with Gasteiger partial charge in [-0.25, -0.2) is 0 Å². The first-order chi connectivity index (χ1) is 15.0. The van der Waals surface area contributed by atoms with Crippen LogP contribution in [0, 0.1) is 11.3 Å². The Kier molecular flexibility index (Phi) is 7.03. The Bertz CT molecular complexity index is 983. The smallest absolute Gasteiger partial charge is 0.263 e. The first-order valence-corrected chi connectivity index (χ1v) is 9.95. The molecular formula is C24H26N2O5. The molecule has 1 aliphatic heterocycles. The molecule has 0 bridgehead atoms. The largest absolute Gasteiger partial charge is 0.496 e. The molecule has 1 atom stereocenters. The van der Waals surface area contributed by atoms with Gasteiger partial charge in [0.1, 0.15) is 23.0 Å². The lowest BCUT2D eigenvalue weighted by molar-refractivity contribution is -0.137. The molecular weight excluding hydrogens is 396 g/mol. The average Bonchev–Trinajstić information content (AvgIpc) is 2.83. The van der Waals surface area contributed by atoms with Crippen molar-refractivity contribution in [3.05, 3.63) is 53.6 Å². The average molecular weight is 422 g/mol. The Balaban J connectivity index is 1.72. The molecule has 7 heteroatoms. The normalized spacial score (nSPS) is 14.2. The van der Waals surface area contributed by atoms with Gasteiger partial charge in [0.2, 0.25) is 0 Å². The molecule has 0 unspecified atom stereocenters. The topological polar surface area (TPSA) is 81.0 Å². The Morgan fingerprint density at radius 2 is 1.68 bits per heavy atom. The third kappa shape index (κ3) is 4.92. The zero-order chi connectivity index (χ0) is 22.4. The molecule has 0 fully saturated rings. The minimum Gasteiger partial charge on any atom is -0.496 e. The van der Waals surface area contributed by atoms with Crippen molar-refractivity contribution in [3.8, 4) is 29.1 Å². The van der Waals surface area contributed by atoms with Crippen LogP contribution in [-0.4, -0.2) is 51.3 Å². The van der Waals surface area contributed by atoms with E-state index in [0.29, 0.717) is 48.1 Å². The lowest BCUT2D eigenvalue weighted by Gasteiger charge is -2.30. The van der Waals surface area contributed by atoms with Crippen molar-refractivity contribution in [1.29, 1.82) is 5.26 Å². The first kappa shape index (κ1) is 22.0. The molecule has 0 aliphatic carbocycles. The molecule has 0 spiro atoms. The van der Waals surface area contributed by atoms with Gasteiger partial charge in [-0.15, -0.1) is 0 Å². The van der Waals surface area contributed by atoms with Gasteiger partial charge >= 0.3 is 0 Å². The van der Waals surface area contributed by atoms with Crippen molar-refractivity contribution in [2.24, 2.45) is 0 Å². The van der Waals surface area contributed by atoms with Crippen LogP contribution in [-0.2, 0) is 4.79 Å². The van der Waals surface area contributed by atoms with Gasteiger partial charge in [-0.2, -0.15) is 5.26 Å². The van der Waals surface area contributed by atoms with Crippen molar-refractivity contribution >= 4 is 11.5 Å². The molecule has 1 amide bonds. The maximum absolute atomic E-state index is 12.9.